The molecule has 28 heavy (non-hydrogen) atoms. The van der Waals surface area contributed by atoms with Crippen LogP contribution in [0.25, 0.3) is 0 Å². The number of hydrogen-bond acceptors (Lipinski definition) is 3. The molecule has 0 amide bonds. The Balaban J connectivity index is 2.36. The van der Waals surface area contributed by atoms with Crippen LogP contribution in [0.15, 0.2) is 46.2 Å². The van der Waals surface area contributed by atoms with Crippen LogP contribution in [0, 0.1) is 20.8 Å². The first-order valence-electron chi connectivity index (χ1n) is 8.01. The smallest absolute Gasteiger partial charge is 0.207 e. The van der Waals surface area contributed by atoms with Gasteiger partial charge in [0, 0.05) is 15.7 Å². The standard InChI is InChI=1S/C18H18ClF3INO2S2/c1-11-8-12(2)16(13(3)9-11)28(25,26)24-17(23,18(20,21)22)10-27-15-6-4-14(19)5-7-15/h4-9,24H,10H2,1-3H3. The fourth-order valence-electron chi connectivity index (χ4n) is 2.74. The first-order valence-corrected chi connectivity index (χ1v) is 11.9. The Bertz CT molecular complexity index is 943. The molecule has 0 aliphatic heterocycles. The minimum atomic E-state index is -4.80. The van der Waals surface area contributed by atoms with Gasteiger partial charge in [-0.25, -0.2) is 8.42 Å². The fourth-order valence-corrected chi connectivity index (χ4v) is 6.90. The highest BCUT2D eigenvalue weighted by Crippen LogP contribution is 2.41. The monoisotopic (exact) mass is 563 g/mol. The Kier molecular flexibility index (Phi) is 7.40. The quantitative estimate of drug-likeness (QED) is 0.202. The maximum Gasteiger partial charge on any atom is 0.417 e. The van der Waals surface area contributed by atoms with Gasteiger partial charge in [-0.3, -0.25) is 0 Å². The van der Waals surface area contributed by atoms with E-state index in [1.54, 1.807) is 57.2 Å². The van der Waals surface area contributed by atoms with Crippen LogP contribution in [0.5, 0.6) is 0 Å². The third-order valence-electron chi connectivity index (χ3n) is 3.87. The Morgan fingerprint density at radius 2 is 1.57 bits per heavy atom. The normalized spacial score (nSPS) is 14.7. The third kappa shape index (κ3) is 5.56. The molecule has 3 nitrogen and oxygen atoms in total. The molecule has 0 spiro atoms. The van der Waals surface area contributed by atoms with Crippen LogP contribution in [-0.2, 0) is 10.0 Å². The molecule has 2 rings (SSSR count). The van der Waals surface area contributed by atoms with Gasteiger partial charge in [0.05, 0.1) is 4.90 Å². The second kappa shape index (κ2) is 8.71. The highest BCUT2D eigenvalue weighted by atomic mass is 127. The summed E-state index contributed by atoms with van der Waals surface area (Å²) in [7, 11) is -4.40. The maximum absolute atomic E-state index is 13.8. The van der Waals surface area contributed by atoms with E-state index in [1.807, 2.05) is 4.72 Å². The van der Waals surface area contributed by atoms with E-state index >= 15 is 0 Å². The van der Waals surface area contributed by atoms with Gasteiger partial charge in [-0.1, -0.05) is 29.3 Å². The van der Waals surface area contributed by atoms with Crippen molar-refractivity contribution in [3.05, 3.63) is 58.1 Å². The van der Waals surface area contributed by atoms with Gasteiger partial charge in [-0.2, -0.15) is 17.9 Å². The fraction of sp³-hybridized carbons (Fsp3) is 0.333. The number of hydrogen-bond donors (Lipinski definition) is 1. The number of nitrogens with one attached hydrogen (secondary N) is 1. The second-order valence-corrected chi connectivity index (χ2v) is 11.3. The summed E-state index contributed by atoms with van der Waals surface area (Å²) in [6.07, 6.45) is -4.80. The van der Waals surface area contributed by atoms with E-state index in [9.17, 15) is 21.6 Å². The number of aryl methyl sites for hydroxylation is 3. The molecular formula is C18H18ClF3INO2S2. The van der Waals surface area contributed by atoms with Gasteiger partial charge in [0.1, 0.15) is 0 Å². The molecule has 1 N–H and O–H groups in total. The Hall–Kier alpha value is -0.490. The van der Waals surface area contributed by atoms with Crippen LogP contribution < -0.4 is 4.72 Å². The zero-order valence-corrected chi connectivity index (χ0v) is 19.7. The lowest BCUT2D eigenvalue weighted by molar-refractivity contribution is -0.151. The molecule has 2 aromatic carbocycles. The van der Waals surface area contributed by atoms with E-state index in [2.05, 4.69) is 0 Å². The summed E-state index contributed by atoms with van der Waals surface area (Å²) in [5, 5.41) is 0.465. The van der Waals surface area contributed by atoms with E-state index in [-0.39, 0.29) is 4.90 Å². The van der Waals surface area contributed by atoms with Crippen LogP contribution >= 0.6 is 46.0 Å². The van der Waals surface area contributed by atoms with Crippen molar-refractivity contribution in [3.63, 3.8) is 0 Å². The molecule has 0 bridgehead atoms. The SMILES string of the molecule is Cc1cc(C)c(S(=O)(=O)NC(I)(CSc2ccc(Cl)cc2)C(F)(F)F)c(C)c1. The number of thioether (sulfide) groups is 1. The summed E-state index contributed by atoms with van der Waals surface area (Å²) in [6, 6.07) is 9.57. The molecule has 10 heteroatoms. The number of halogens is 5. The molecule has 0 fully saturated rings. The molecular weight excluding hydrogens is 546 g/mol. The molecule has 0 aliphatic carbocycles. The molecule has 154 valence electrons. The Labute approximate surface area is 185 Å². The van der Waals surface area contributed by atoms with E-state index in [0.717, 1.165) is 39.9 Å². The van der Waals surface area contributed by atoms with E-state index in [1.165, 1.54) is 0 Å². The predicted octanol–water partition coefficient (Wildman–Crippen LogP) is 6.03. The van der Waals surface area contributed by atoms with Crippen molar-refractivity contribution in [2.75, 3.05) is 5.75 Å². The van der Waals surface area contributed by atoms with Crippen molar-refractivity contribution in [3.8, 4) is 0 Å². The second-order valence-electron chi connectivity index (χ2n) is 6.37. The molecule has 0 heterocycles. The van der Waals surface area contributed by atoms with Gasteiger partial charge in [-0.05, 0) is 78.8 Å². The summed E-state index contributed by atoms with van der Waals surface area (Å²) in [6.45, 7) is 4.93. The van der Waals surface area contributed by atoms with E-state index in [4.69, 9.17) is 11.6 Å². The maximum atomic E-state index is 13.8. The first-order chi connectivity index (χ1) is 12.7. The lowest BCUT2D eigenvalue weighted by atomic mass is 10.1. The molecule has 0 aromatic heterocycles. The summed E-state index contributed by atoms with van der Waals surface area (Å²) in [5.74, 6) is -0.540. The van der Waals surface area contributed by atoms with E-state index in [0.29, 0.717) is 21.0 Å². The molecule has 2 aromatic rings. The van der Waals surface area contributed by atoms with Gasteiger partial charge >= 0.3 is 6.18 Å². The number of benzene rings is 2. The zero-order valence-electron chi connectivity index (χ0n) is 15.2. The van der Waals surface area contributed by atoms with Crippen LogP contribution in [0.1, 0.15) is 16.7 Å². The molecule has 0 saturated heterocycles. The Morgan fingerprint density at radius 1 is 1.07 bits per heavy atom. The van der Waals surface area contributed by atoms with Crippen molar-refractivity contribution in [2.24, 2.45) is 0 Å². The molecule has 0 saturated carbocycles. The molecule has 1 unspecified atom stereocenters. The minimum Gasteiger partial charge on any atom is -0.207 e. The van der Waals surface area contributed by atoms with Gasteiger partial charge in [0.2, 0.25) is 10.0 Å². The van der Waals surface area contributed by atoms with E-state index < -0.39 is 25.5 Å². The van der Waals surface area contributed by atoms with Crippen molar-refractivity contribution in [1.82, 2.24) is 4.72 Å². The van der Waals surface area contributed by atoms with Crippen LogP contribution in [0.2, 0.25) is 5.02 Å². The van der Waals surface area contributed by atoms with Gasteiger partial charge in [-0.15, -0.1) is 11.8 Å². The predicted molar refractivity (Wildman–Crippen MR) is 116 cm³/mol. The number of alkyl halides is 4. The lowest BCUT2D eigenvalue weighted by Gasteiger charge is -2.31. The molecule has 1 atom stereocenters. The Morgan fingerprint density at radius 3 is 2.04 bits per heavy atom. The van der Waals surface area contributed by atoms with Gasteiger partial charge in [0.25, 0.3) is 0 Å². The summed E-state index contributed by atoms with van der Waals surface area (Å²) >= 11 is 7.82. The van der Waals surface area contributed by atoms with Crippen molar-refractivity contribution >= 4 is 56.0 Å². The largest absolute Gasteiger partial charge is 0.417 e. The zero-order chi connectivity index (χ0) is 21.3. The molecule has 0 aliphatic rings. The summed E-state index contributed by atoms with van der Waals surface area (Å²) in [5.41, 5.74) is 1.64. The lowest BCUT2D eigenvalue weighted by Crippen LogP contribution is -2.55. The highest BCUT2D eigenvalue weighted by Gasteiger charge is 2.55. The van der Waals surface area contributed by atoms with Crippen LogP contribution in [0.4, 0.5) is 13.2 Å². The minimum absolute atomic E-state index is 0.125. The summed E-state index contributed by atoms with van der Waals surface area (Å²) < 4.78 is 66.4. The van der Waals surface area contributed by atoms with Crippen molar-refractivity contribution in [2.45, 2.75) is 40.3 Å². The first kappa shape index (κ1) is 23.8. The van der Waals surface area contributed by atoms with Crippen molar-refractivity contribution in [1.29, 1.82) is 0 Å². The van der Waals surface area contributed by atoms with Gasteiger partial charge < -0.3 is 0 Å². The third-order valence-corrected chi connectivity index (χ3v) is 9.25. The average molecular weight is 564 g/mol. The summed E-state index contributed by atoms with van der Waals surface area (Å²) in [4.78, 5) is 0.427. The van der Waals surface area contributed by atoms with Crippen LogP contribution in [-0.4, -0.2) is 23.9 Å². The van der Waals surface area contributed by atoms with Gasteiger partial charge in [0.15, 0.2) is 3.55 Å². The van der Waals surface area contributed by atoms with Crippen LogP contribution in [0.3, 0.4) is 0 Å². The molecule has 0 radical (unpaired) electrons. The number of rotatable bonds is 6. The average Bonchev–Trinajstić information content (AvgIpc) is 2.51. The number of sulfonamides is 1. The van der Waals surface area contributed by atoms with Crippen molar-refractivity contribution < 1.29 is 21.6 Å². The topological polar surface area (TPSA) is 46.2 Å². The highest BCUT2D eigenvalue weighted by molar-refractivity contribution is 14.1.